The molecule has 0 atom stereocenters. The molecule has 0 spiro atoms. The van der Waals surface area contributed by atoms with E-state index in [2.05, 4.69) is 11.6 Å². The summed E-state index contributed by atoms with van der Waals surface area (Å²) in [6, 6.07) is 7.67. The summed E-state index contributed by atoms with van der Waals surface area (Å²) in [5, 5.41) is 2.65. The summed E-state index contributed by atoms with van der Waals surface area (Å²) in [7, 11) is 0. The van der Waals surface area contributed by atoms with Gasteiger partial charge in [-0.3, -0.25) is 4.79 Å². The molecule has 0 N–H and O–H groups in total. The van der Waals surface area contributed by atoms with Crippen LogP contribution in [-0.2, 0) is 4.74 Å². The van der Waals surface area contributed by atoms with Gasteiger partial charge in [0.15, 0.2) is 0 Å². The molecule has 1 aliphatic rings. The predicted molar refractivity (Wildman–Crippen MR) is 90.0 cm³/mol. The molecule has 0 aliphatic carbocycles. The van der Waals surface area contributed by atoms with E-state index >= 15 is 0 Å². The molecule has 2 heterocycles. The number of amides is 1. The SMILES string of the molecule is C=CCOc1ccc(-c2nc(C(=O)N3CCOCC3)cs2)cc1. The highest BCUT2D eigenvalue weighted by atomic mass is 32.1. The van der Waals surface area contributed by atoms with Crippen molar-refractivity contribution in [1.82, 2.24) is 9.88 Å². The van der Waals surface area contributed by atoms with Crippen LogP contribution in [0.3, 0.4) is 0 Å². The Bertz CT molecular complexity index is 675. The van der Waals surface area contributed by atoms with Crippen molar-refractivity contribution < 1.29 is 14.3 Å². The fraction of sp³-hybridized carbons (Fsp3) is 0.294. The van der Waals surface area contributed by atoms with E-state index in [0.29, 0.717) is 38.6 Å². The zero-order valence-electron chi connectivity index (χ0n) is 12.7. The maximum Gasteiger partial charge on any atom is 0.273 e. The van der Waals surface area contributed by atoms with Crippen molar-refractivity contribution in [2.75, 3.05) is 32.9 Å². The third kappa shape index (κ3) is 3.78. The van der Waals surface area contributed by atoms with E-state index < -0.39 is 0 Å². The van der Waals surface area contributed by atoms with Gasteiger partial charge < -0.3 is 14.4 Å². The van der Waals surface area contributed by atoms with E-state index in [1.165, 1.54) is 11.3 Å². The minimum Gasteiger partial charge on any atom is -0.490 e. The van der Waals surface area contributed by atoms with Gasteiger partial charge in [0.1, 0.15) is 23.1 Å². The fourth-order valence-corrected chi connectivity index (χ4v) is 3.08. The number of hydrogen-bond donors (Lipinski definition) is 0. The Balaban J connectivity index is 1.70. The average molecular weight is 330 g/mol. The van der Waals surface area contributed by atoms with Crippen LogP contribution in [-0.4, -0.2) is 48.7 Å². The first kappa shape index (κ1) is 15.7. The Morgan fingerprint density at radius 1 is 1.35 bits per heavy atom. The quantitative estimate of drug-likeness (QED) is 0.791. The monoisotopic (exact) mass is 330 g/mol. The van der Waals surface area contributed by atoms with Gasteiger partial charge in [0, 0.05) is 24.0 Å². The van der Waals surface area contributed by atoms with Gasteiger partial charge in [0.25, 0.3) is 5.91 Å². The molecule has 23 heavy (non-hydrogen) atoms. The molecule has 1 aromatic carbocycles. The normalized spacial score (nSPS) is 14.5. The molecule has 120 valence electrons. The lowest BCUT2D eigenvalue weighted by Crippen LogP contribution is -2.40. The molecule has 1 fully saturated rings. The summed E-state index contributed by atoms with van der Waals surface area (Å²) in [5.41, 5.74) is 1.47. The number of aromatic nitrogens is 1. The lowest BCUT2D eigenvalue weighted by molar-refractivity contribution is 0.0299. The molecule has 1 aromatic heterocycles. The van der Waals surface area contributed by atoms with Gasteiger partial charge in [-0.25, -0.2) is 4.98 Å². The largest absolute Gasteiger partial charge is 0.490 e. The van der Waals surface area contributed by atoms with Crippen molar-refractivity contribution in [2.24, 2.45) is 0 Å². The van der Waals surface area contributed by atoms with Gasteiger partial charge in [-0.05, 0) is 24.3 Å². The fourth-order valence-electron chi connectivity index (χ4n) is 2.28. The molecule has 0 saturated carbocycles. The summed E-state index contributed by atoms with van der Waals surface area (Å²) >= 11 is 1.47. The number of ether oxygens (including phenoxy) is 2. The van der Waals surface area contributed by atoms with Crippen molar-refractivity contribution in [2.45, 2.75) is 0 Å². The van der Waals surface area contributed by atoms with Crippen LogP contribution in [0.1, 0.15) is 10.5 Å². The first-order valence-corrected chi connectivity index (χ1v) is 8.32. The lowest BCUT2D eigenvalue weighted by Gasteiger charge is -2.25. The first-order valence-electron chi connectivity index (χ1n) is 7.44. The summed E-state index contributed by atoms with van der Waals surface area (Å²) < 4.78 is 10.7. The number of nitrogens with zero attached hydrogens (tertiary/aromatic N) is 2. The predicted octanol–water partition coefficient (Wildman–Crippen LogP) is 2.85. The minimum absolute atomic E-state index is 0.0262. The minimum atomic E-state index is -0.0262. The number of carbonyl (C=O) groups is 1. The maximum absolute atomic E-state index is 12.4. The van der Waals surface area contributed by atoms with Crippen LogP contribution in [0.2, 0.25) is 0 Å². The van der Waals surface area contributed by atoms with Gasteiger partial charge in [-0.1, -0.05) is 12.7 Å². The van der Waals surface area contributed by atoms with Crippen LogP contribution in [0.5, 0.6) is 5.75 Å². The molecule has 6 heteroatoms. The Morgan fingerprint density at radius 3 is 2.78 bits per heavy atom. The van der Waals surface area contributed by atoms with Crippen LogP contribution in [0.15, 0.2) is 42.3 Å². The first-order chi connectivity index (χ1) is 11.3. The van der Waals surface area contributed by atoms with E-state index in [0.717, 1.165) is 16.3 Å². The third-order valence-corrected chi connectivity index (χ3v) is 4.38. The number of morpholine rings is 1. The van der Waals surface area contributed by atoms with E-state index in [-0.39, 0.29) is 5.91 Å². The molecule has 0 bridgehead atoms. The Hall–Kier alpha value is -2.18. The number of carbonyl (C=O) groups excluding carboxylic acids is 1. The zero-order valence-corrected chi connectivity index (χ0v) is 13.6. The molecule has 2 aromatic rings. The zero-order chi connectivity index (χ0) is 16.1. The molecule has 3 rings (SSSR count). The van der Waals surface area contributed by atoms with Gasteiger partial charge in [-0.2, -0.15) is 0 Å². The van der Waals surface area contributed by atoms with E-state index in [4.69, 9.17) is 9.47 Å². The average Bonchev–Trinajstić information content (AvgIpc) is 3.10. The van der Waals surface area contributed by atoms with E-state index in [9.17, 15) is 4.79 Å². The number of hydrogen-bond acceptors (Lipinski definition) is 5. The maximum atomic E-state index is 12.4. The van der Waals surface area contributed by atoms with Crippen LogP contribution in [0.4, 0.5) is 0 Å². The smallest absolute Gasteiger partial charge is 0.273 e. The Kier molecular flexibility index (Phi) is 5.05. The van der Waals surface area contributed by atoms with Gasteiger partial charge in [-0.15, -0.1) is 11.3 Å². The van der Waals surface area contributed by atoms with Crippen molar-refractivity contribution in [3.63, 3.8) is 0 Å². The van der Waals surface area contributed by atoms with Crippen LogP contribution in [0, 0.1) is 0 Å². The van der Waals surface area contributed by atoms with Gasteiger partial charge in [0.2, 0.25) is 0 Å². The second kappa shape index (κ2) is 7.39. The number of benzene rings is 1. The highest BCUT2D eigenvalue weighted by Crippen LogP contribution is 2.26. The van der Waals surface area contributed by atoms with Gasteiger partial charge >= 0.3 is 0 Å². The molecule has 1 amide bonds. The summed E-state index contributed by atoms with van der Waals surface area (Å²) in [6.45, 7) is 6.54. The molecular formula is C17H18N2O3S. The Morgan fingerprint density at radius 2 is 2.09 bits per heavy atom. The van der Waals surface area contributed by atoms with Crippen molar-refractivity contribution >= 4 is 17.2 Å². The van der Waals surface area contributed by atoms with E-state index in [1.807, 2.05) is 29.6 Å². The third-order valence-electron chi connectivity index (χ3n) is 3.49. The van der Waals surface area contributed by atoms with Crippen molar-refractivity contribution in [3.8, 4) is 16.3 Å². The van der Waals surface area contributed by atoms with Crippen molar-refractivity contribution in [1.29, 1.82) is 0 Å². The van der Waals surface area contributed by atoms with Crippen LogP contribution < -0.4 is 4.74 Å². The second-order valence-corrected chi connectivity index (χ2v) is 5.92. The summed E-state index contributed by atoms with van der Waals surface area (Å²) in [6.07, 6.45) is 1.71. The second-order valence-electron chi connectivity index (χ2n) is 5.07. The van der Waals surface area contributed by atoms with Crippen LogP contribution in [0.25, 0.3) is 10.6 Å². The Labute approximate surface area is 139 Å². The molecule has 1 aliphatic heterocycles. The number of thiazole rings is 1. The van der Waals surface area contributed by atoms with Crippen molar-refractivity contribution in [3.05, 3.63) is 48.0 Å². The molecule has 0 unspecified atom stereocenters. The van der Waals surface area contributed by atoms with Crippen LogP contribution >= 0.6 is 11.3 Å². The lowest BCUT2D eigenvalue weighted by atomic mass is 10.2. The summed E-state index contributed by atoms with van der Waals surface area (Å²) in [5.74, 6) is 0.761. The van der Waals surface area contributed by atoms with Gasteiger partial charge in [0.05, 0.1) is 13.2 Å². The molecule has 5 nitrogen and oxygen atoms in total. The highest BCUT2D eigenvalue weighted by Gasteiger charge is 2.21. The molecular weight excluding hydrogens is 312 g/mol. The molecule has 0 radical (unpaired) electrons. The standard InChI is InChI=1S/C17H18N2O3S/c1-2-9-22-14-5-3-13(4-6-14)16-18-15(12-23-16)17(20)19-7-10-21-11-8-19/h2-6,12H,1,7-11H2. The topological polar surface area (TPSA) is 51.7 Å². The molecule has 1 saturated heterocycles. The van der Waals surface area contributed by atoms with E-state index in [1.54, 1.807) is 11.0 Å². The summed E-state index contributed by atoms with van der Waals surface area (Å²) in [4.78, 5) is 18.7. The number of rotatable bonds is 5. The highest BCUT2D eigenvalue weighted by molar-refractivity contribution is 7.13.